The van der Waals surface area contributed by atoms with Crippen molar-refractivity contribution in [2.75, 3.05) is 19.3 Å². The average Bonchev–Trinajstić information content (AvgIpc) is 3.28. The second-order valence-corrected chi connectivity index (χ2v) is 9.62. The molecule has 1 amide bonds. The molecule has 0 saturated carbocycles. The third-order valence-electron chi connectivity index (χ3n) is 4.87. The zero-order valence-electron chi connectivity index (χ0n) is 15.7. The van der Waals surface area contributed by atoms with Gasteiger partial charge in [0.05, 0.1) is 11.2 Å². The van der Waals surface area contributed by atoms with Gasteiger partial charge in [-0.15, -0.1) is 11.3 Å². The van der Waals surface area contributed by atoms with Crippen LogP contribution in [-0.2, 0) is 9.84 Å². The van der Waals surface area contributed by atoms with Crippen LogP contribution in [0.15, 0.2) is 46.5 Å². The fourth-order valence-electron chi connectivity index (χ4n) is 3.47. The molecule has 4 rings (SSSR count). The van der Waals surface area contributed by atoms with E-state index in [2.05, 4.69) is 19.9 Å². The van der Waals surface area contributed by atoms with Gasteiger partial charge in [-0.25, -0.2) is 23.4 Å². The smallest absolute Gasteiger partial charge is 0.273 e. The van der Waals surface area contributed by atoms with Gasteiger partial charge in [0.1, 0.15) is 10.6 Å². The number of carbonyl (C=O) groups excluding carboxylic acids is 1. The monoisotopic (exact) mass is 429 g/mol. The summed E-state index contributed by atoms with van der Waals surface area (Å²) in [6, 6.07) is 3.55. The molecule has 3 aromatic rings. The molecular weight excluding hydrogens is 410 g/mol. The average molecular weight is 430 g/mol. The third kappa shape index (κ3) is 4.18. The maximum absolute atomic E-state index is 12.7. The van der Waals surface area contributed by atoms with E-state index in [0.29, 0.717) is 30.3 Å². The first-order chi connectivity index (χ1) is 13.9. The molecule has 0 aliphatic carbocycles. The summed E-state index contributed by atoms with van der Waals surface area (Å²) in [7, 11) is -3.51. The molecule has 8 nitrogen and oxygen atoms in total. The minimum atomic E-state index is -3.51. The lowest BCUT2D eigenvalue weighted by Gasteiger charge is -2.32. The van der Waals surface area contributed by atoms with Crippen molar-refractivity contribution < 1.29 is 13.2 Å². The van der Waals surface area contributed by atoms with Gasteiger partial charge in [-0.3, -0.25) is 9.78 Å². The van der Waals surface area contributed by atoms with E-state index >= 15 is 0 Å². The first-order valence-corrected chi connectivity index (χ1v) is 11.9. The molecule has 1 aliphatic heterocycles. The maximum atomic E-state index is 12.7. The number of pyridine rings is 1. The van der Waals surface area contributed by atoms with Crippen LogP contribution in [0.25, 0.3) is 11.4 Å². The van der Waals surface area contributed by atoms with Crippen LogP contribution in [0, 0.1) is 0 Å². The predicted octanol–water partition coefficient (Wildman–Crippen LogP) is 2.42. The van der Waals surface area contributed by atoms with Crippen LogP contribution in [-0.4, -0.2) is 58.5 Å². The number of nitrogens with zero attached hydrogens (tertiary/aromatic N) is 5. The summed E-state index contributed by atoms with van der Waals surface area (Å²) in [4.78, 5) is 31.5. The quantitative estimate of drug-likeness (QED) is 0.627. The van der Waals surface area contributed by atoms with Gasteiger partial charge in [0, 0.05) is 54.8 Å². The van der Waals surface area contributed by atoms with Gasteiger partial charge < -0.3 is 4.90 Å². The van der Waals surface area contributed by atoms with Crippen molar-refractivity contribution in [2.45, 2.75) is 23.7 Å². The van der Waals surface area contributed by atoms with Crippen molar-refractivity contribution >= 4 is 27.1 Å². The lowest BCUT2D eigenvalue weighted by Crippen LogP contribution is -2.39. The van der Waals surface area contributed by atoms with E-state index in [1.54, 1.807) is 40.3 Å². The number of amides is 1. The number of rotatable bonds is 4. The van der Waals surface area contributed by atoms with E-state index in [0.717, 1.165) is 24.7 Å². The molecule has 4 heterocycles. The molecule has 0 unspecified atom stereocenters. The fraction of sp³-hybridized carbons (Fsp3) is 0.316. The second-order valence-electron chi connectivity index (χ2n) is 6.92. The molecule has 0 radical (unpaired) electrons. The Bertz CT molecular complexity index is 1120. The van der Waals surface area contributed by atoms with E-state index in [1.807, 2.05) is 0 Å². The Morgan fingerprint density at radius 2 is 2.03 bits per heavy atom. The number of likely N-dealkylation sites (tertiary alicyclic amines) is 1. The second kappa shape index (κ2) is 7.96. The summed E-state index contributed by atoms with van der Waals surface area (Å²) in [5, 5.41) is 1.72. The van der Waals surface area contributed by atoms with Crippen molar-refractivity contribution in [1.82, 2.24) is 24.8 Å². The van der Waals surface area contributed by atoms with E-state index in [4.69, 9.17) is 0 Å². The first-order valence-electron chi connectivity index (χ1n) is 9.08. The van der Waals surface area contributed by atoms with E-state index < -0.39 is 9.84 Å². The van der Waals surface area contributed by atoms with Gasteiger partial charge in [-0.05, 0) is 25.0 Å². The normalized spacial score (nSPS) is 17.3. The van der Waals surface area contributed by atoms with Gasteiger partial charge >= 0.3 is 0 Å². The van der Waals surface area contributed by atoms with Gasteiger partial charge in [0.15, 0.2) is 15.7 Å². The van der Waals surface area contributed by atoms with Crippen molar-refractivity contribution in [3.05, 3.63) is 53.0 Å². The molecule has 1 saturated heterocycles. The largest absolute Gasteiger partial charge is 0.337 e. The van der Waals surface area contributed by atoms with E-state index in [-0.39, 0.29) is 16.7 Å². The van der Waals surface area contributed by atoms with Crippen LogP contribution in [0.5, 0.6) is 0 Å². The Morgan fingerprint density at radius 1 is 1.24 bits per heavy atom. The Balaban J connectivity index is 1.71. The highest BCUT2D eigenvalue weighted by Gasteiger charge is 2.31. The predicted molar refractivity (Wildman–Crippen MR) is 108 cm³/mol. The fourth-order valence-corrected chi connectivity index (χ4v) is 4.83. The van der Waals surface area contributed by atoms with Crippen LogP contribution in [0.2, 0.25) is 0 Å². The Morgan fingerprint density at radius 3 is 2.72 bits per heavy atom. The summed E-state index contributed by atoms with van der Waals surface area (Å²) in [6.07, 6.45) is 7.31. The maximum Gasteiger partial charge on any atom is 0.273 e. The van der Waals surface area contributed by atoms with Crippen molar-refractivity contribution in [2.24, 2.45) is 0 Å². The standard InChI is InChI=1S/C19H19N5O3S2/c1-29(26,27)16-9-21-18(13-4-6-20-7-5-13)23-17(16)14-3-2-8-24(10-14)19(25)15-11-28-12-22-15/h4-7,9,11-12,14H,2-3,8,10H2,1H3/t14-/m1/s1. The summed E-state index contributed by atoms with van der Waals surface area (Å²) < 4.78 is 24.7. The van der Waals surface area contributed by atoms with Crippen LogP contribution >= 0.6 is 11.3 Å². The molecule has 0 spiro atoms. The SMILES string of the molecule is CS(=O)(=O)c1cnc(-c2ccncc2)nc1[C@@H]1CCCN(C(=O)c2cscn2)C1. The van der Waals surface area contributed by atoms with Crippen molar-refractivity contribution in [3.63, 3.8) is 0 Å². The molecule has 0 bridgehead atoms. The highest BCUT2D eigenvalue weighted by atomic mass is 32.2. The number of hydrogen-bond donors (Lipinski definition) is 0. The zero-order chi connectivity index (χ0) is 20.4. The molecule has 29 heavy (non-hydrogen) atoms. The molecule has 0 N–H and O–H groups in total. The lowest BCUT2D eigenvalue weighted by atomic mass is 9.94. The highest BCUT2D eigenvalue weighted by molar-refractivity contribution is 7.90. The molecule has 10 heteroatoms. The molecular formula is C19H19N5O3S2. The third-order valence-corrected chi connectivity index (χ3v) is 6.57. The summed E-state index contributed by atoms with van der Waals surface area (Å²) in [5.41, 5.74) is 3.26. The van der Waals surface area contributed by atoms with E-state index in [9.17, 15) is 13.2 Å². The van der Waals surface area contributed by atoms with Gasteiger partial charge in [0.2, 0.25) is 0 Å². The van der Waals surface area contributed by atoms with Crippen molar-refractivity contribution in [1.29, 1.82) is 0 Å². The molecule has 1 fully saturated rings. The van der Waals surface area contributed by atoms with Gasteiger partial charge in [0.25, 0.3) is 5.91 Å². The van der Waals surface area contributed by atoms with Crippen LogP contribution in [0.4, 0.5) is 0 Å². The number of aromatic nitrogens is 4. The molecule has 3 aromatic heterocycles. The highest BCUT2D eigenvalue weighted by Crippen LogP contribution is 2.31. The molecule has 150 valence electrons. The minimum Gasteiger partial charge on any atom is -0.337 e. The molecule has 1 aliphatic rings. The zero-order valence-corrected chi connectivity index (χ0v) is 17.4. The molecule has 1 atom stereocenters. The number of hydrogen-bond acceptors (Lipinski definition) is 8. The Hall–Kier alpha value is -2.72. The molecule has 0 aromatic carbocycles. The minimum absolute atomic E-state index is 0.114. The first kappa shape index (κ1) is 19.6. The number of thiazole rings is 1. The Kier molecular flexibility index (Phi) is 5.37. The van der Waals surface area contributed by atoms with Crippen LogP contribution < -0.4 is 0 Å². The van der Waals surface area contributed by atoms with Gasteiger partial charge in [-0.1, -0.05) is 0 Å². The van der Waals surface area contributed by atoms with Crippen LogP contribution in [0.1, 0.15) is 34.9 Å². The number of sulfone groups is 1. The summed E-state index contributed by atoms with van der Waals surface area (Å²) in [6.45, 7) is 1.01. The Labute approximate surface area is 172 Å². The van der Waals surface area contributed by atoms with Gasteiger partial charge in [-0.2, -0.15) is 0 Å². The lowest BCUT2D eigenvalue weighted by molar-refractivity contribution is 0.0700. The van der Waals surface area contributed by atoms with E-state index in [1.165, 1.54) is 17.5 Å². The number of carbonyl (C=O) groups is 1. The summed E-state index contributed by atoms with van der Waals surface area (Å²) in [5.74, 6) is 0.109. The topological polar surface area (TPSA) is 106 Å². The van der Waals surface area contributed by atoms with Crippen LogP contribution in [0.3, 0.4) is 0 Å². The summed E-state index contributed by atoms with van der Waals surface area (Å²) >= 11 is 1.37. The number of piperidine rings is 1. The van der Waals surface area contributed by atoms with Crippen molar-refractivity contribution in [3.8, 4) is 11.4 Å².